The van der Waals surface area contributed by atoms with Crippen LogP contribution in [0.4, 0.5) is 17.3 Å². The highest BCUT2D eigenvalue weighted by Crippen LogP contribution is 2.26. The maximum atomic E-state index is 11.9. The number of primary amides is 1. The van der Waals surface area contributed by atoms with E-state index in [1.807, 2.05) is 48.5 Å². The van der Waals surface area contributed by atoms with Crippen LogP contribution in [0.5, 0.6) is 5.75 Å². The Kier molecular flexibility index (Phi) is 6.07. The summed E-state index contributed by atoms with van der Waals surface area (Å²) in [6.45, 7) is 0. The van der Waals surface area contributed by atoms with Gasteiger partial charge in [0.05, 0.1) is 7.11 Å². The number of carbonyl (C=O) groups excluding carboxylic acids is 1. The van der Waals surface area contributed by atoms with Gasteiger partial charge >= 0.3 is 0 Å². The van der Waals surface area contributed by atoms with E-state index in [0.29, 0.717) is 5.82 Å². The molecule has 7 nitrogen and oxygen atoms in total. The predicted octanol–water partition coefficient (Wildman–Crippen LogP) is 3.95. The average Bonchev–Trinajstić information content (AvgIpc) is 3.10. The van der Waals surface area contributed by atoms with Gasteiger partial charge in [0.2, 0.25) is 0 Å². The number of nitrogens with zero attached hydrogens (tertiary/aromatic N) is 2. The van der Waals surface area contributed by atoms with Gasteiger partial charge in [-0.2, -0.15) is 5.10 Å². The Bertz CT molecular complexity index is 966. The minimum atomic E-state index is -0.618. The number of aliphatic imine (C=N–C) groups is 1. The molecule has 4 N–H and O–H groups in total. The number of hydrogen-bond donors (Lipinski definition) is 3. The number of benzene rings is 2. The van der Waals surface area contributed by atoms with Crippen LogP contribution in [0, 0.1) is 0 Å². The van der Waals surface area contributed by atoms with E-state index in [1.165, 1.54) is 5.56 Å². The number of carbonyl (C=O) groups is 1. The van der Waals surface area contributed by atoms with Crippen molar-refractivity contribution in [1.82, 2.24) is 10.2 Å². The number of nitrogens with one attached hydrogen (secondary N) is 2. The maximum Gasteiger partial charge on any atom is 0.256 e. The Morgan fingerprint density at radius 2 is 2.11 bits per heavy atom. The summed E-state index contributed by atoms with van der Waals surface area (Å²) < 4.78 is 6.12. The number of aromatic amines is 1. The van der Waals surface area contributed by atoms with Gasteiger partial charge in [0, 0.05) is 16.3 Å². The lowest BCUT2D eigenvalue weighted by molar-refractivity contribution is 0.100. The number of amides is 1. The molecule has 0 aliphatic heterocycles. The van der Waals surface area contributed by atoms with Crippen LogP contribution in [0.3, 0.4) is 0 Å². The summed E-state index contributed by atoms with van der Waals surface area (Å²) in [5, 5.41) is 10.0. The normalized spacial score (nSPS) is 10.9. The van der Waals surface area contributed by atoms with E-state index in [2.05, 4.69) is 43.1 Å². The molecule has 8 heteroatoms. The zero-order valence-corrected chi connectivity index (χ0v) is 16.7. The highest BCUT2D eigenvalue weighted by Gasteiger charge is 2.18. The molecule has 2 aromatic carbocycles. The van der Waals surface area contributed by atoms with Crippen molar-refractivity contribution in [2.24, 2.45) is 10.7 Å². The summed E-state index contributed by atoms with van der Waals surface area (Å²) in [7, 11) is 1.60. The molecule has 1 heterocycles. The van der Waals surface area contributed by atoms with E-state index in [0.717, 1.165) is 21.4 Å². The molecular formula is C19H18IN5O2. The Hall–Kier alpha value is -2.88. The van der Waals surface area contributed by atoms with Gasteiger partial charge in [-0.3, -0.25) is 9.89 Å². The molecule has 0 saturated carbocycles. The molecule has 0 aliphatic rings. The van der Waals surface area contributed by atoms with Crippen LogP contribution < -0.4 is 15.8 Å². The van der Waals surface area contributed by atoms with Crippen LogP contribution in [0.15, 0.2) is 53.5 Å². The fourth-order valence-corrected chi connectivity index (χ4v) is 2.93. The van der Waals surface area contributed by atoms with Crippen molar-refractivity contribution >= 4 is 52.0 Å². The van der Waals surface area contributed by atoms with Crippen LogP contribution in [-0.2, 0) is 4.43 Å². The van der Waals surface area contributed by atoms with Gasteiger partial charge in [0.25, 0.3) is 5.91 Å². The summed E-state index contributed by atoms with van der Waals surface area (Å²) >= 11 is 2.30. The van der Waals surface area contributed by atoms with Crippen molar-refractivity contribution in [2.45, 2.75) is 4.43 Å². The van der Waals surface area contributed by atoms with Crippen LogP contribution in [0.25, 0.3) is 0 Å². The van der Waals surface area contributed by atoms with Gasteiger partial charge in [-0.25, -0.2) is 4.99 Å². The average molecular weight is 475 g/mol. The number of nitrogens with two attached hydrogens (primary N) is 1. The number of hydrogen-bond acceptors (Lipinski definition) is 5. The first kappa shape index (κ1) is 18.9. The Morgan fingerprint density at radius 1 is 1.33 bits per heavy atom. The fourth-order valence-electron chi connectivity index (χ4n) is 2.42. The number of ether oxygens (including phenoxy) is 1. The molecular weight excluding hydrogens is 457 g/mol. The van der Waals surface area contributed by atoms with Crippen LogP contribution >= 0.6 is 22.6 Å². The summed E-state index contributed by atoms with van der Waals surface area (Å²) in [6, 6.07) is 15.3. The lowest BCUT2D eigenvalue weighted by Gasteiger charge is -2.05. The van der Waals surface area contributed by atoms with E-state index in [4.69, 9.17) is 10.5 Å². The number of methoxy groups -OCH3 is 1. The van der Waals surface area contributed by atoms with E-state index < -0.39 is 5.91 Å². The van der Waals surface area contributed by atoms with Crippen molar-refractivity contribution in [3.8, 4) is 5.75 Å². The van der Waals surface area contributed by atoms with Crippen LogP contribution in [0.2, 0.25) is 0 Å². The van der Waals surface area contributed by atoms with Crippen molar-refractivity contribution in [1.29, 1.82) is 0 Å². The first-order valence-corrected chi connectivity index (χ1v) is 9.61. The zero-order valence-electron chi connectivity index (χ0n) is 14.6. The van der Waals surface area contributed by atoms with Crippen molar-refractivity contribution in [2.75, 3.05) is 12.4 Å². The van der Waals surface area contributed by atoms with Crippen LogP contribution in [0.1, 0.15) is 21.5 Å². The fraction of sp³-hybridized carbons (Fsp3) is 0.105. The lowest BCUT2D eigenvalue weighted by atomic mass is 10.2. The molecule has 1 amide bonds. The number of anilines is 2. The molecule has 0 spiro atoms. The molecule has 3 rings (SSSR count). The van der Waals surface area contributed by atoms with Gasteiger partial charge in [-0.1, -0.05) is 46.9 Å². The quantitative estimate of drug-likeness (QED) is 0.274. The molecule has 27 heavy (non-hydrogen) atoms. The second-order valence-corrected chi connectivity index (χ2v) is 6.41. The monoisotopic (exact) mass is 475 g/mol. The van der Waals surface area contributed by atoms with Gasteiger partial charge in [-0.15, -0.1) is 0 Å². The Balaban J connectivity index is 1.86. The minimum absolute atomic E-state index is 0.201. The molecule has 0 radical (unpaired) electrons. The van der Waals surface area contributed by atoms with Gasteiger partial charge in [-0.05, 0) is 35.4 Å². The third-order valence-electron chi connectivity index (χ3n) is 3.80. The van der Waals surface area contributed by atoms with Crippen LogP contribution in [-0.4, -0.2) is 29.4 Å². The molecule has 1 aromatic heterocycles. The number of aromatic nitrogens is 2. The van der Waals surface area contributed by atoms with Crippen molar-refractivity contribution < 1.29 is 9.53 Å². The zero-order chi connectivity index (χ0) is 19.2. The molecule has 138 valence electrons. The predicted molar refractivity (Wildman–Crippen MR) is 115 cm³/mol. The molecule has 0 aliphatic carbocycles. The van der Waals surface area contributed by atoms with Gasteiger partial charge in [0.15, 0.2) is 11.6 Å². The van der Waals surface area contributed by atoms with Crippen molar-refractivity contribution in [3.63, 3.8) is 0 Å². The highest BCUT2D eigenvalue weighted by molar-refractivity contribution is 14.1. The molecule has 0 atom stereocenters. The van der Waals surface area contributed by atoms with Crippen molar-refractivity contribution in [3.05, 3.63) is 65.2 Å². The molecule has 0 saturated heterocycles. The minimum Gasteiger partial charge on any atom is -0.497 e. The summed E-state index contributed by atoms with van der Waals surface area (Å²) in [4.78, 5) is 16.3. The van der Waals surface area contributed by atoms with E-state index in [9.17, 15) is 4.79 Å². The SMILES string of the molecule is COc1cccc(/C=N/c2[nH]nc(Nc3ccc(CI)cc3)c2C(N)=O)c1. The largest absolute Gasteiger partial charge is 0.497 e. The third kappa shape index (κ3) is 4.64. The second-order valence-electron chi connectivity index (χ2n) is 5.65. The highest BCUT2D eigenvalue weighted by atomic mass is 127. The first-order chi connectivity index (χ1) is 13.1. The molecule has 3 aromatic rings. The number of H-pyrrole nitrogens is 1. The summed E-state index contributed by atoms with van der Waals surface area (Å²) in [5.41, 5.74) is 8.58. The van der Waals surface area contributed by atoms with Gasteiger partial charge in [0.1, 0.15) is 11.3 Å². The first-order valence-electron chi connectivity index (χ1n) is 8.09. The number of halogens is 1. The lowest BCUT2D eigenvalue weighted by Crippen LogP contribution is -2.12. The smallest absolute Gasteiger partial charge is 0.256 e. The van der Waals surface area contributed by atoms with E-state index >= 15 is 0 Å². The Morgan fingerprint density at radius 3 is 2.78 bits per heavy atom. The molecule has 0 fully saturated rings. The second kappa shape index (κ2) is 8.67. The van der Waals surface area contributed by atoms with E-state index in [-0.39, 0.29) is 11.4 Å². The summed E-state index contributed by atoms with van der Waals surface area (Å²) in [5.74, 6) is 0.725. The molecule has 0 bridgehead atoms. The number of rotatable bonds is 7. The standard InChI is InChI=1S/C19H18IN5O2/c1-27-15-4-2-3-13(9-15)11-22-18-16(17(21)26)19(25-24-18)23-14-7-5-12(10-20)6-8-14/h2-9,11H,10H2,1H3,(H2,21,26)(H2,23,24,25)/b22-11+. The molecule has 0 unspecified atom stereocenters. The number of alkyl halides is 1. The summed E-state index contributed by atoms with van der Waals surface area (Å²) in [6.07, 6.45) is 1.61. The van der Waals surface area contributed by atoms with Gasteiger partial charge < -0.3 is 15.8 Å². The topological polar surface area (TPSA) is 105 Å². The van der Waals surface area contributed by atoms with E-state index in [1.54, 1.807) is 13.3 Å². The maximum absolute atomic E-state index is 11.9. The third-order valence-corrected chi connectivity index (χ3v) is 4.68. The Labute approximate surface area is 170 Å².